The number of hydrogen-bond donors (Lipinski definition) is 1. The van der Waals surface area contributed by atoms with Gasteiger partial charge in [-0.25, -0.2) is 0 Å². The Hall–Kier alpha value is -1.75. The number of nitrogens with one attached hydrogen (secondary N) is 1. The Morgan fingerprint density at radius 3 is 1.83 bits per heavy atom. The Balaban J connectivity index is 5.42. The van der Waals surface area contributed by atoms with Gasteiger partial charge < -0.3 is 10.2 Å². The summed E-state index contributed by atoms with van der Waals surface area (Å²) < 4.78 is 0. The van der Waals surface area contributed by atoms with Crippen LogP contribution in [0.4, 0.5) is 0 Å². The van der Waals surface area contributed by atoms with Crippen LogP contribution in [0.5, 0.6) is 0 Å². The molecule has 1 unspecified atom stereocenters. The summed E-state index contributed by atoms with van der Waals surface area (Å²) in [6, 6.07) is 0. The molecule has 47 heavy (non-hydrogen) atoms. The van der Waals surface area contributed by atoms with Gasteiger partial charge in [-0.1, -0.05) is 169 Å². The van der Waals surface area contributed by atoms with E-state index in [0.29, 0.717) is 18.0 Å². The molecule has 1 N–H and O–H groups in total. The minimum absolute atomic E-state index is 0.0547. The number of aldehydes is 1. The fraction of sp³-hybridized carbons (Fsp3) is 0.762. The zero-order valence-corrected chi connectivity index (χ0v) is 32.5. The highest BCUT2D eigenvalue weighted by atomic mass is 32.2. The van der Waals surface area contributed by atoms with Crippen molar-refractivity contribution in [3.8, 4) is 0 Å². The van der Waals surface area contributed by atoms with Crippen LogP contribution in [0, 0.1) is 5.92 Å². The van der Waals surface area contributed by atoms with Gasteiger partial charge in [0, 0.05) is 29.8 Å². The minimum Gasteiger partial charge on any atom is -0.389 e. The van der Waals surface area contributed by atoms with Gasteiger partial charge >= 0.3 is 0 Å². The lowest BCUT2D eigenvalue weighted by Gasteiger charge is -2.26. The minimum atomic E-state index is -0.0547. The molecule has 0 aromatic heterocycles. The highest BCUT2D eigenvalue weighted by molar-refractivity contribution is 8.03. The van der Waals surface area contributed by atoms with Gasteiger partial charge in [0.05, 0.1) is 5.70 Å². The molecule has 5 heteroatoms. The molecule has 272 valence electrons. The first kappa shape index (κ1) is 45.2. The summed E-state index contributed by atoms with van der Waals surface area (Å²) in [6.45, 7) is 17.1. The summed E-state index contributed by atoms with van der Waals surface area (Å²) in [5, 5.41) is 3.44. The smallest absolute Gasteiger partial charge is 0.258 e. The second-order valence-corrected chi connectivity index (χ2v) is 14.7. The summed E-state index contributed by atoms with van der Waals surface area (Å²) in [4.78, 5) is 28.3. The molecule has 0 saturated heterocycles. The Morgan fingerprint density at radius 2 is 1.28 bits per heavy atom. The number of nitrogens with zero attached hydrogens (tertiary/aromatic N) is 1. The van der Waals surface area contributed by atoms with Crippen molar-refractivity contribution in [2.45, 2.75) is 182 Å². The maximum Gasteiger partial charge on any atom is 0.258 e. The van der Waals surface area contributed by atoms with Gasteiger partial charge in [-0.15, -0.1) is 11.8 Å². The van der Waals surface area contributed by atoms with Crippen molar-refractivity contribution >= 4 is 24.0 Å². The summed E-state index contributed by atoms with van der Waals surface area (Å²) >= 11 is 1.72. The second kappa shape index (κ2) is 34.1. The normalized spacial score (nSPS) is 12.9. The molecule has 0 saturated carbocycles. The van der Waals surface area contributed by atoms with Crippen LogP contribution in [0.25, 0.3) is 0 Å². The average molecular weight is 673 g/mol. The van der Waals surface area contributed by atoms with Crippen molar-refractivity contribution in [2.24, 2.45) is 5.92 Å². The Bertz CT molecular complexity index is 863. The lowest BCUT2D eigenvalue weighted by molar-refractivity contribution is -0.124. The van der Waals surface area contributed by atoms with Crippen molar-refractivity contribution in [3.05, 3.63) is 47.2 Å². The first-order chi connectivity index (χ1) is 23.0. The second-order valence-electron chi connectivity index (χ2n) is 13.4. The van der Waals surface area contributed by atoms with E-state index in [1.165, 1.54) is 122 Å². The van der Waals surface area contributed by atoms with Gasteiger partial charge in [0.15, 0.2) is 0 Å². The van der Waals surface area contributed by atoms with Crippen LogP contribution >= 0.6 is 11.8 Å². The molecule has 0 aliphatic carbocycles. The molecule has 0 bridgehead atoms. The molecule has 4 nitrogen and oxygen atoms in total. The quantitative estimate of drug-likeness (QED) is 0.0320. The summed E-state index contributed by atoms with van der Waals surface area (Å²) in [7, 11) is 0. The molecular formula is C42H76N2O2S. The van der Waals surface area contributed by atoms with Crippen molar-refractivity contribution in [1.29, 1.82) is 0 Å². The van der Waals surface area contributed by atoms with Crippen LogP contribution in [0.1, 0.15) is 182 Å². The van der Waals surface area contributed by atoms with E-state index in [9.17, 15) is 9.59 Å². The van der Waals surface area contributed by atoms with E-state index in [4.69, 9.17) is 0 Å². The van der Waals surface area contributed by atoms with Crippen LogP contribution in [0.15, 0.2) is 47.2 Å². The number of allylic oxidation sites excluding steroid dienone is 3. The molecule has 0 aliphatic heterocycles. The first-order valence-corrected chi connectivity index (χ1v) is 20.8. The van der Waals surface area contributed by atoms with Crippen molar-refractivity contribution in [1.82, 2.24) is 10.2 Å². The Labute approximate surface area is 297 Å². The molecule has 0 aliphatic rings. The lowest BCUT2D eigenvalue weighted by atomic mass is 9.97. The number of hydrogen-bond acceptors (Lipinski definition) is 4. The van der Waals surface area contributed by atoms with E-state index in [2.05, 4.69) is 52.6 Å². The standard InChI is InChI=1S/C42H76N2O2S/c1-7-11-14-17-20-21-22-25-30-38(5)31-28-33-41(47-10-4)39(6)42(46)44(35-27-24-19-16-13-9-3)40(32-29-36-45)37-43-34-26-23-18-15-12-8-2/h29,32-33,36-38,43H,6-28,30-31,34-35H2,1-5H3/b32-29-,40-37+,41-33-. The molecule has 0 heterocycles. The van der Waals surface area contributed by atoms with E-state index in [1.54, 1.807) is 17.8 Å². The third kappa shape index (κ3) is 25.9. The van der Waals surface area contributed by atoms with Gasteiger partial charge in [0.1, 0.15) is 6.29 Å². The topological polar surface area (TPSA) is 49.4 Å². The van der Waals surface area contributed by atoms with E-state index in [0.717, 1.165) is 61.3 Å². The fourth-order valence-electron chi connectivity index (χ4n) is 5.90. The average Bonchev–Trinajstić information content (AvgIpc) is 3.07. The third-order valence-electron chi connectivity index (χ3n) is 8.96. The number of unbranched alkanes of at least 4 members (excludes halogenated alkanes) is 17. The molecule has 0 aromatic rings. The zero-order chi connectivity index (χ0) is 34.8. The lowest BCUT2D eigenvalue weighted by Crippen LogP contribution is -2.33. The van der Waals surface area contributed by atoms with Gasteiger partial charge in [-0.05, 0) is 49.5 Å². The molecular weight excluding hydrogens is 597 g/mol. The highest BCUT2D eigenvalue weighted by Gasteiger charge is 2.22. The number of thioether (sulfide) groups is 1. The molecule has 0 fully saturated rings. The van der Waals surface area contributed by atoms with Crippen LogP contribution in [-0.4, -0.2) is 35.9 Å². The number of rotatable bonds is 34. The van der Waals surface area contributed by atoms with Gasteiger partial charge in [0.2, 0.25) is 0 Å². The van der Waals surface area contributed by atoms with Gasteiger partial charge in [-0.2, -0.15) is 0 Å². The van der Waals surface area contributed by atoms with Gasteiger partial charge in [0.25, 0.3) is 5.91 Å². The molecule has 0 aromatic carbocycles. The molecule has 1 amide bonds. The predicted octanol–water partition coefficient (Wildman–Crippen LogP) is 12.9. The van der Waals surface area contributed by atoms with E-state index in [-0.39, 0.29) is 5.91 Å². The first-order valence-electron chi connectivity index (χ1n) is 19.9. The van der Waals surface area contributed by atoms with E-state index in [1.807, 2.05) is 11.1 Å². The maximum absolute atomic E-state index is 14.1. The fourth-order valence-corrected chi connectivity index (χ4v) is 6.71. The SMILES string of the molecule is C=C(C(=O)N(CCCCCCCC)C(/C=C\C=O)=C/NCCCCCCCC)/C(=C/CCC(C)CCCCCCCCCC)SCC. The molecule has 0 spiro atoms. The highest BCUT2D eigenvalue weighted by Crippen LogP contribution is 2.28. The molecule has 1 atom stereocenters. The zero-order valence-electron chi connectivity index (χ0n) is 31.7. The predicted molar refractivity (Wildman–Crippen MR) is 211 cm³/mol. The van der Waals surface area contributed by atoms with E-state index < -0.39 is 0 Å². The Morgan fingerprint density at radius 1 is 0.745 bits per heavy atom. The van der Waals surface area contributed by atoms with Crippen LogP contribution in [0.2, 0.25) is 0 Å². The van der Waals surface area contributed by atoms with Crippen molar-refractivity contribution in [3.63, 3.8) is 0 Å². The molecule has 0 rings (SSSR count). The van der Waals surface area contributed by atoms with Crippen molar-refractivity contribution in [2.75, 3.05) is 18.8 Å². The molecule has 0 radical (unpaired) electrons. The summed E-state index contributed by atoms with van der Waals surface area (Å²) in [5.74, 6) is 1.53. The van der Waals surface area contributed by atoms with Crippen LogP contribution < -0.4 is 5.32 Å². The largest absolute Gasteiger partial charge is 0.389 e. The summed E-state index contributed by atoms with van der Waals surface area (Å²) in [6.07, 6.45) is 36.9. The third-order valence-corrected chi connectivity index (χ3v) is 9.97. The van der Waals surface area contributed by atoms with Crippen LogP contribution in [-0.2, 0) is 9.59 Å². The van der Waals surface area contributed by atoms with E-state index >= 15 is 0 Å². The Kier molecular flexibility index (Phi) is 32.9. The number of amides is 1. The number of carbonyl (C=O) groups is 2. The maximum atomic E-state index is 14.1. The number of carbonyl (C=O) groups excluding carboxylic acids is 2. The van der Waals surface area contributed by atoms with Crippen LogP contribution in [0.3, 0.4) is 0 Å². The monoisotopic (exact) mass is 673 g/mol. The summed E-state index contributed by atoms with van der Waals surface area (Å²) in [5.41, 5.74) is 1.31. The van der Waals surface area contributed by atoms with Gasteiger partial charge in [-0.3, -0.25) is 9.59 Å². The van der Waals surface area contributed by atoms with Crippen molar-refractivity contribution < 1.29 is 9.59 Å².